The Morgan fingerprint density at radius 3 is 2.57 bits per heavy atom. The van der Waals surface area contributed by atoms with Crippen molar-refractivity contribution in [1.82, 2.24) is 24.1 Å². The van der Waals surface area contributed by atoms with Crippen molar-refractivity contribution in [3.05, 3.63) is 67.3 Å². The molecule has 218 valence electrons. The number of piperidine rings is 1. The average molecular weight is 582 g/mol. The van der Waals surface area contributed by atoms with Crippen LogP contribution in [0.3, 0.4) is 0 Å². The maximum atomic E-state index is 5.87. The fraction of sp³-hybridized carbons (Fsp3) is 0.406. The molecule has 1 N–H and O–H groups in total. The number of nitrogens with zero attached hydrogens (tertiary/aromatic N) is 6. The Morgan fingerprint density at radius 2 is 1.83 bits per heavy atom. The van der Waals surface area contributed by atoms with Gasteiger partial charge in [0.1, 0.15) is 6.73 Å². The second kappa shape index (κ2) is 10.8. The summed E-state index contributed by atoms with van der Waals surface area (Å²) in [6.07, 6.45) is 10.2. The molecule has 0 saturated carbocycles. The van der Waals surface area contributed by atoms with Crippen LogP contribution in [-0.2, 0) is 16.2 Å². The van der Waals surface area contributed by atoms with Crippen molar-refractivity contribution in [1.29, 1.82) is 0 Å². The van der Waals surface area contributed by atoms with Crippen molar-refractivity contribution in [2.45, 2.75) is 45.3 Å². The largest absolute Gasteiger partial charge is 0.380 e. The highest BCUT2D eigenvalue weighted by Gasteiger charge is 2.41. The zero-order valence-corrected chi connectivity index (χ0v) is 25.7. The molecule has 5 aromatic rings. The summed E-state index contributed by atoms with van der Waals surface area (Å²) in [6, 6.07) is 16.1. The summed E-state index contributed by atoms with van der Waals surface area (Å²) in [5.74, 6) is 0.737. The highest BCUT2D eigenvalue weighted by molar-refractivity contribution is 6.76. The van der Waals surface area contributed by atoms with Crippen LogP contribution in [0.2, 0.25) is 25.7 Å². The number of hydrogen-bond acceptors (Lipinski definition) is 7. The number of anilines is 3. The van der Waals surface area contributed by atoms with E-state index in [1.165, 1.54) is 18.5 Å². The lowest BCUT2D eigenvalue weighted by Crippen LogP contribution is -2.50. The number of nitrogens with one attached hydrogen (secondary N) is 1. The molecular formula is C32H39N7O2Si. The van der Waals surface area contributed by atoms with Gasteiger partial charge in [0.25, 0.3) is 0 Å². The molecule has 2 aromatic carbocycles. The van der Waals surface area contributed by atoms with Crippen molar-refractivity contribution < 1.29 is 9.47 Å². The second-order valence-electron chi connectivity index (χ2n) is 13.1. The van der Waals surface area contributed by atoms with Gasteiger partial charge in [0.15, 0.2) is 11.5 Å². The first-order valence-electron chi connectivity index (χ1n) is 14.9. The lowest BCUT2D eigenvalue weighted by atomic mass is 9.77. The first-order chi connectivity index (χ1) is 20.3. The van der Waals surface area contributed by atoms with Crippen LogP contribution in [0.25, 0.3) is 27.8 Å². The zero-order valence-electron chi connectivity index (χ0n) is 24.7. The minimum Gasteiger partial charge on any atom is -0.380 e. The number of fused-ring (bicyclic) bond motifs is 3. The van der Waals surface area contributed by atoms with E-state index in [-0.39, 0.29) is 0 Å². The Hall–Kier alpha value is -3.73. The third kappa shape index (κ3) is 5.54. The third-order valence-corrected chi connectivity index (χ3v) is 10.3. The van der Waals surface area contributed by atoms with Gasteiger partial charge in [-0.2, -0.15) is 5.10 Å². The van der Waals surface area contributed by atoms with Crippen molar-refractivity contribution in [2.75, 3.05) is 43.1 Å². The van der Waals surface area contributed by atoms with E-state index in [1.807, 2.05) is 29.5 Å². The van der Waals surface area contributed by atoms with Crippen molar-refractivity contribution >= 4 is 41.9 Å². The van der Waals surface area contributed by atoms with E-state index in [0.29, 0.717) is 12.1 Å². The minimum absolute atomic E-state index is 0.444. The zero-order chi connectivity index (χ0) is 28.7. The first kappa shape index (κ1) is 27.1. The molecule has 0 radical (unpaired) electrons. The number of hydrogen-bond donors (Lipinski definition) is 1. The van der Waals surface area contributed by atoms with Crippen LogP contribution in [0.1, 0.15) is 12.8 Å². The van der Waals surface area contributed by atoms with Crippen LogP contribution in [0.5, 0.6) is 0 Å². The van der Waals surface area contributed by atoms with Crippen LogP contribution in [0.15, 0.2) is 67.3 Å². The Balaban J connectivity index is 1.06. The van der Waals surface area contributed by atoms with Gasteiger partial charge in [0, 0.05) is 68.7 Å². The van der Waals surface area contributed by atoms with Gasteiger partial charge >= 0.3 is 0 Å². The second-order valence-corrected chi connectivity index (χ2v) is 18.7. The summed E-state index contributed by atoms with van der Waals surface area (Å²) in [5, 5.41) is 8.03. The van der Waals surface area contributed by atoms with Gasteiger partial charge in [0.2, 0.25) is 0 Å². The molecule has 3 aromatic heterocycles. The van der Waals surface area contributed by atoms with Crippen molar-refractivity contribution in [3.63, 3.8) is 0 Å². The topological polar surface area (TPSA) is 81.7 Å². The van der Waals surface area contributed by atoms with Gasteiger partial charge in [-0.05, 0) is 60.8 Å². The van der Waals surface area contributed by atoms with Crippen LogP contribution >= 0.6 is 0 Å². The average Bonchev–Trinajstić information content (AvgIpc) is 3.65. The fourth-order valence-corrected chi connectivity index (χ4v) is 6.61. The quantitative estimate of drug-likeness (QED) is 0.159. The van der Waals surface area contributed by atoms with Crippen molar-refractivity contribution in [3.8, 4) is 11.1 Å². The molecule has 42 heavy (non-hydrogen) atoms. The molecule has 2 aliphatic rings. The lowest BCUT2D eigenvalue weighted by molar-refractivity contribution is -0.124. The summed E-state index contributed by atoms with van der Waals surface area (Å²) < 4.78 is 15.3. The van der Waals surface area contributed by atoms with E-state index >= 15 is 0 Å². The summed E-state index contributed by atoms with van der Waals surface area (Å²) in [7, 11) is -1.10. The fourth-order valence-electron chi connectivity index (χ4n) is 5.85. The number of imidazole rings is 1. The van der Waals surface area contributed by atoms with E-state index in [2.05, 4.69) is 86.8 Å². The van der Waals surface area contributed by atoms with Crippen LogP contribution in [-0.4, -0.2) is 65.1 Å². The summed E-state index contributed by atoms with van der Waals surface area (Å²) in [6.45, 7) is 12.4. The maximum Gasteiger partial charge on any atom is 0.180 e. The first-order valence-corrected chi connectivity index (χ1v) is 18.6. The molecule has 0 atom stereocenters. The SMILES string of the molecule is C[Si](C)(C)CCOCn1cc(-c2ccc3nc(Nc4ccc(N5CCC6(CC5)COC6)cc4)c4nccn4c3c2)cn1. The number of aromatic nitrogens is 5. The highest BCUT2D eigenvalue weighted by Crippen LogP contribution is 2.39. The predicted molar refractivity (Wildman–Crippen MR) is 170 cm³/mol. The normalized spacial score (nSPS) is 16.8. The van der Waals surface area contributed by atoms with Crippen molar-refractivity contribution in [2.24, 2.45) is 5.41 Å². The van der Waals surface area contributed by atoms with Gasteiger partial charge < -0.3 is 19.7 Å². The number of benzene rings is 2. The van der Waals surface area contributed by atoms with E-state index in [9.17, 15) is 0 Å². The molecule has 2 saturated heterocycles. The molecular weight excluding hydrogens is 542 g/mol. The van der Waals surface area contributed by atoms with E-state index < -0.39 is 8.07 Å². The molecule has 0 amide bonds. The predicted octanol–water partition coefficient (Wildman–Crippen LogP) is 6.42. The maximum absolute atomic E-state index is 5.87. The van der Waals surface area contributed by atoms with Gasteiger partial charge in [-0.25, -0.2) is 14.6 Å². The Labute approximate surface area is 247 Å². The number of ether oxygens (including phenoxy) is 2. The third-order valence-electron chi connectivity index (χ3n) is 8.64. The molecule has 2 fully saturated rings. The number of rotatable bonds is 9. The Morgan fingerprint density at radius 1 is 1.02 bits per heavy atom. The molecule has 10 heteroatoms. The molecule has 0 unspecified atom stereocenters. The minimum atomic E-state index is -1.10. The summed E-state index contributed by atoms with van der Waals surface area (Å²) in [4.78, 5) is 12.1. The molecule has 7 rings (SSSR count). The van der Waals surface area contributed by atoms with Crippen LogP contribution < -0.4 is 10.2 Å². The smallest absolute Gasteiger partial charge is 0.180 e. The molecule has 2 aliphatic heterocycles. The van der Waals surface area contributed by atoms with Crippen LogP contribution in [0, 0.1) is 5.41 Å². The highest BCUT2D eigenvalue weighted by atomic mass is 28.3. The molecule has 9 nitrogen and oxygen atoms in total. The van der Waals surface area contributed by atoms with E-state index in [1.54, 1.807) is 0 Å². The van der Waals surface area contributed by atoms with E-state index in [0.717, 1.165) is 78.3 Å². The van der Waals surface area contributed by atoms with Gasteiger partial charge in [0.05, 0.1) is 30.4 Å². The lowest BCUT2D eigenvalue weighted by Gasteiger charge is -2.47. The molecule has 0 bridgehead atoms. The molecule has 1 spiro atoms. The molecule has 5 heterocycles. The summed E-state index contributed by atoms with van der Waals surface area (Å²) in [5.41, 5.74) is 7.52. The standard InChI is InChI=1S/C32H39N7O2Si/c1-42(2,3)17-16-40-23-38-20-25(19-34-38)24-4-9-28-29(18-24)39-15-12-33-31(39)30(36-28)35-26-5-7-27(8-6-26)37-13-10-32(11-14-37)21-41-22-32/h4-9,12,15,18-20H,10-11,13-14,16-17,21-23H2,1-3H3,(H,35,36). The van der Waals surface area contributed by atoms with Gasteiger partial charge in [-0.15, -0.1) is 0 Å². The Bertz CT molecular complexity index is 1690. The molecule has 0 aliphatic carbocycles. The van der Waals surface area contributed by atoms with Crippen LogP contribution in [0.4, 0.5) is 17.2 Å². The van der Waals surface area contributed by atoms with Gasteiger partial charge in [-0.3, -0.25) is 4.40 Å². The monoisotopic (exact) mass is 581 g/mol. The summed E-state index contributed by atoms with van der Waals surface area (Å²) >= 11 is 0. The Kier molecular flexibility index (Phi) is 7.00. The van der Waals surface area contributed by atoms with E-state index in [4.69, 9.17) is 14.5 Å². The van der Waals surface area contributed by atoms with Gasteiger partial charge in [-0.1, -0.05) is 25.7 Å².